The molecule has 0 fully saturated rings. The van der Waals surface area contributed by atoms with Gasteiger partial charge >= 0.3 is 0 Å². The first-order valence-electron chi connectivity index (χ1n) is 23.2. The van der Waals surface area contributed by atoms with E-state index in [0.717, 1.165) is 99.5 Å². The molecule has 0 saturated heterocycles. The van der Waals surface area contributed by atoms with Gasteiger partial charge in [-0.3, -0.25) is 0 Å². The van der Waals surface area contributed by atoms with Crippen LogP contribution in [0.5, 0.6) is 0 Å². The van der Waals surface area contributed by atoms with Crippen LogP contribution >= 0.6 is 0 Å². The van der Waals surface area contributed by atoms with Gasteiger partial charge in [-0.2, -0.15) is 0 Å². The number of aromatic nitrogens is 4. The number of benzene rings is 10. The van der Waals surface area contributed by atoms with Gasteiger partial charge in [-0.15, -0.1) is 0 Å². The Kier molecular flexibility index (Phi) is 8.79. The fourth-order valence-electron chi connectivity index (χ4n) is 10.1. The molecule has 14 rings (SSSR count). The Morgan fingerprint density at radius 2 is 0.783 bits per heavy atom. The van der Waals surface area contributed by atoms with E-state index in [9.17, 15) is 0 Å². The molecule has 0 unspecified atom stereocenters. The van der Waals surface area contributed by atoms with Gasteiger partial charge in [0.05, 0.1) is 11.0 Å². The number of rotatable bonds is 7. The minimum atomic E-state index is 0.569. The average Bonchev–Trinajstić information content (AvgIpc) is 4.10. The van der Waals surface area contributed by atoms with E-state index in [1.54, 1.807) is 0 Å². The molecule has 0 aliphatic carbocycles. The van der Waals surface area contributed by atoms with E-state index < -0.39 is 0 Å². The Bertz CT molecular complexity index is 4290. The second kappa shape index (κ2) is 15.6. The predicted molar refractivity (Wildman–Crippen MR) is 281 cm³/mol. The molecule has 4 heterocycles. The standard InChI is InChI=1S/C63H38N4O2/c1-4-14-39(15-5-1)41-24-26-43(27-25-41)62-64-61(42-18-8-3-9-19-42)65-63(66-62)46-28-31-50-53-35-45(30-33-58(53)68-59(50)36-46)51-37-47(38-54-49-21-11-13-23-57(49)69-60(51)54)67-55-22-12-10-20-48(55)52-34-44(29-32-56(52)67)40-16-6-2-7-17-40/h1-38H. The Morgan fingerprint density at radius 1 is 0.275 bits per heavy atom. The van der Waals surface area contributed by atoms with E-state index in [4.69, 9.17) is 23.8 Å². The molecule has 0 spiro atoms. The number of furan rings is 2. The molecule has 0 radical (unpaired) electrons. The summed E-state index contributed by atoms with van der Waals surface area (Å²) in [5.41, 5.74) is 15.9. The summed E-state index contributed by atoms with van der Waals surface area (Å²) in [5.74, 6) is 1.78. The van der Waals surface area contributed by atoms with E-state index in [2.05, 4.69) is 187 Å². The highest BCUT2D eigenvalue weighted by atomic mass is 16.3. The predicted octanol–water partition coefficient (Wildman–Crippen LogP) is 16.8. The van der Waals surface area contributed by atoms with Gasteiger partial charge in [-0.25, -0.2) is 15.0 Å². The third kappa shape index (κ3) is 6.53. The zero-order valence-corrected chi connectivity index (χ0v) is 37.0. The molecule has 69 heavy (non-hydrogen) atoms. The molecule has 0 saturated carbocycles. The molecule has 0 aliphatic rings. The minimum absolute atomic E-state index is 0.569. The Labute approximate surface area is 396 Å². The summed E-state index contributed by atoms with van der Waals surface area (Å²) >= 11 is 0. The highest BCUT2D eigenvalue weighted by molar-refractivity contribution is 6.14. The van der Waals surface area contributed by atoms with Crippen molar-refractivity contribution in [3.8, 4) is 73.2 Å². The van der Waals surface area contributed by atoms with Crippen LogP contribution in [0.4, 0.5) is 0 Å². The second-order valence-electron chi connectivity index (χ2n) is 17.6. The van der Waals surface area contributed by atoms with Crippen LogP contribution in [0.2, 0.25) is 0 Å². The SMILES string of the molecule is c1ccc(-c2ccc(-c3nc(-c4ccccc4)nc(-c4ccc5c(c4)oc4ccc(-c6cc(-n7c8ccccc8c8cc(-c9ccccc9)ccc87)cc7c6oc6ccccc67)cc45)n3)cc2)cc1. The lowest BCUT2D eigenvalue weighted by molar-refractivity contribution is 0.668. The minimum Gasteiger partial charge on any atom is -0.456 e. The zero-order valence-electron chi connectivity index (χ0n) is 37.0. The summed E-state index contributed by atoms with van der Waals surface area (Å²) < 4.78 is 15.8. The van der Waals surface area contributed by atoms with Crippen molar-refractivity contribution in [2.75, 3.05) is 0 Å². The maximum atomic E-state index is 6.75. The van der Waals surface area contributed by atoms with Crippen molar-refractivity contribution in [3.63, 3.8) is 0 Å². The molecular weight excluding hydrogens is 845 g/mol. The van der Waals surface area contributed by atoms with Crippen molar-refractivity contribution in [1.82, 2.24) is 19.5 Å². The molecule has 6 nitrogen and oxygen atoms in total. The quantitative estimate of drug-likeness (QED) is 0.159. The molecule has 0 aliphatic heterocycles. The average molecular weight is 883 g/mol. The van der Waals surface area contributed by atoms with E-state index in [1.807, 2.05) is 48.5 Å². The largest absolute Gasteiger partial charge is 0.456 e. The lowest BCUT2D eigenvalue weighted by Gasteiger charge is -2.12. The smallest absolute Gasteiger partial charge is 0.164 e. The molecule has 0 atom stereocenters. The second-order valence-corrected chi connectivity index (χ2v) is 17.6. The topological polar surface area (TPSA) is 69.9 Å². The van der Waals surface area contributed by atoms with Crippen LogP contribution in [0.1, 0.15) is 0 Å². The number of hydrogen-bond donors (Lipinski definition) is 0. The van der Waals surface area contributed by atoms with E-state index >= 15 is 0 Å². The van der Waals surface area contributed by atoms with E-state index in [1.165, 1.54) is 21.9 Å². The van der Waals surface area contributed by atoms with Gasteiger partial charge < -0.3 is 13.4 Å². The molecule has 0 amide bonds. The van der Waals surface area contributed by atoms with Gasteiger partial charge in [0, 0.05) is 60.3 Å². The van der Waals surface area contributed by atoms with Crippen LogP contribution in [-0.2, 0) is 0 Å². The molecule has 0 N–H and O–H groups in total. The highest BCUT2D eigenvalue weighted by Gasteiger charge is 2.21. The summed E-state index contributed by atoms with van der Waals surface area (Å²) in [6.45, 7) is 0. The van der Waals surface area contributed by atoms with Crippen molar-refractivity contribution >= 4 is 65.7 Å². The van der Waals surface area contributed by atoms with Gasteiger partial charge in [0.25, 0.3) is 0 Å². The Balaban J connectivity index is 0.902. The lowest BCUT2D eigenvalue weighted by atomic mass is 9.99. The van der Waals surface area contributed by atoms with Crippen molar-refractivity contribution < 1.29 is 8.83 Å². The molecule has 10 aromatic carbocycles. The summed E-state index contributed by atoms with van der Waals surface area (Å²) in [4.78, 5) is 15.1. The summed E-state index contributed by atoms with van der Waals surface area (Å²) in [5, 5.41) is 6.55. The van der Waals surface area contributed by atoms with Crippen molar-refractivity contribution in [3.05, 3.63) is 231 Å². The fraction of sp³-hybridized carbons (Fsp3) is 0. The number of nitrogens with zero attached hydrogens (tertiary/aromatic N) is 4. The van der Waals surface area contributed by atoms with Gasteiger partial charge in [-0.05, 0) is 88.5 Å². The molecule has 322 valence electrons. The third-order valence-electron chi connectivity index (χ3n) is 13.5. The molecule has 6 heteroatoms. The van der Waals surface area contributed by atoms with Gasteiger partial charge in [-0.1, -0.05) is 170 Å². The monoisotopic (exact) mass is 882 g/mol. The molecule has 0 bridgehead atoms. The first kappa shape index (κ1) is 38.8. The Morgan fingerprint density at radius 3 is 1.54 bits per heavy atom. The number of fused-ring (bicyclic) bond motifs is 9. The zero-order chi connectivity index (χ0) is 45.4. The molecule has 14 aromatic rings. The van der Waals surface area contributed by atoms with Gasteiger partial charge in [0.2, 0.25) is 0 Å². The molecular formula is C63H38N4O2. The van der Waals surface area contributed by atoms with E-state index in [-0.39, 0.29) is 0 Å². The number of hydrogen-bond acceptors (Lipinski definition) is 5. The normalized spacial score (nSPS) is 11.8. The fourth-order valence-corrected chi connectivity index (χ4v) is 10.1. The van der Waals surface area contributed by atoms with Crippen molar-refractivity contribution in [2.24, 2.45) is 0 Å². The first-order chi connectivity index (χ1) is 34.2. The van der Waals surface area contributed by atoms with Crippen LogP contribution < -0.4 is 0 Å². The van der Waals surface area contributed by atoms with Crippen LogP contribution in [0.3, 0.4) is 0 Å². The highest BCUT2D eigenvalue weighted by Crippen LogP contribution is 2.43. The lowest BCUT2D eigenvalue weighted by Crippen LogP contribution is -2.00. The summed E-state index contributed by atoms with van der Waals surface area (Å²) in [6, 6.07) is 80.5. The first-order valence-corrected chi connectivity index (χ1v) is 23.2. The van der Waals surface area contributed by atoms with Crippen LogP contribution in [0.25, 0.3) is 139 Å². The van der Waals surface area contributed by atoms with Crippen LogP contribution in [0, 0.1) is 0 Å². The summed E-state index contributed by atoms with van der Waals surface area (Å²) in [6.07, 6.45) is 0. The van der Waals surface area contributed by atoms with Crippen LogP contribution in [-0.4, -0.2) is 19.5 Å². The van der Waals surface area contributed by atoms with E-state index in [0.29, 0.717) is 17.5 Å². The molecule has 4 aromatic heterocycles. The Hall–Kier alpha value is -9.39. The maximum absolute atomic E-state index is 6.75. The maximum Gasteiger partial charge on any atom is 0.164 e. The van der Waals surface area contributed by atoms with Gasteiger partial charge in [0.1, 0.15) is 22.3 Å². The van der Waals surface area contributed by atoms with Crippen molar-refractivity contribution in [2.45, 2.75) is 0 Å². The summed E-state index contributed by atoms with van der Waals surface area (Å²) in [7, 11) is 0. The van der Waals surface area contributed by atoms with Crippen LogP contribution in [0.15, 0.2) is 239 Å². The third-order valence-corrected chi connectivity index (χ3v) is 13.5. The van der Waals surface area contributed by atoms with Gasteiger partial charge in [0.15, 0.2) is 17.5 Å². The number of para-hydroxylation sites is 2. The van der Waals surface area contributed by atoms with Crippen molar-refractivity contribution in [1.29, 1.82) is 0 Å².